The van der Waals surface area contributed by atoms with Gasteiger partial charge in [-0.15, -0.1) is 0 Å². The molecule has 2 aromatic carbocycles. The van der Waals surface area contributed by atoms with Crippen LogP contribution in [0.15, 0.2) is 48.5 Å². The molecule has 0 aliphatic carbocycles. The largest absolute Gasteiger partial charge is 0.496 e. The number of nitrogens with zero attached hydrogens (tertiary/aromatic N) is 6. The second kappa shape index (κ2) is 12.5. The molecule has 11 nitrogen and oxygen atoms in total. The Morgan fingerprint density at radius 3 is 2.61 bits per heavy atom. The number of fused-ring (bicyclic) bond motifs is 1. The number of hydrogen-bond acceptors (Lipinski definition) is 9. The Balaban J connectivity index is 1.16. The van der Waals surface area contributed by atoms with Crippen molar-refractivity contribution in [2.75, 3.05) is 44.8 Å². The molecule has 12 heteroatoms. The molecule has 0 amide bonds. The fourth-order valence-corrected chi connectivity index (χ4v) is 5.63. The van der Waals surface area contributed by atoms with Gasteiger partial charge < -0.3 is 28.8 Å². The highest BCUT2D eigenvalue weighted by Gasteiger charge is 2.29. The zero-order chi connectivity index (χ0) is 30.8. The van der Waals surface area contributed by atoms with Gasteiger partial charge in [-0.25, -0.2) is 14.2 Å². The molecule has 44 heavy (non-hydrogen) atoms. The number of carboxylic acids is 1. The van der Waals surface area contributed by atoms with Gasteiger partial charge in [0.2, 0.25) is 5.88 Å². The molecular formula is C32H33FN6O5. The Hall–Kier alpha value is -4.73. The Bertz CT molecular complexity index is 1720. The summed E-state index contributed by atoms with van der Waals surface area (Å²) in [6.45, 7) is 6.34. The van der Waals surface area contributed by atoms with Crippen LogP contribution >= 0.6 is 0 Å². The van der Waals surface area contributed by atoms with Crippen molar-refractivity contribution in [1.29, 1.82) is 5.26 Å². The maximum atomic E-state index is 14.4. The lowest BCUT2D eigenvalue weighted by molar-refractivity contribution is -0.0594. The Morgan fingerprint density at radius 2 is 1.95 bits per heavy atom. The van der Waals surface area contributed by atoms with Gasteiger partial charge in [0.25, 0.3) is 0 Å². The van der Waals surface area contributed by atoms with Crippen molar-refractivity contribution in [2.45, 2.75) is 38.6 Å². The maximum absolute atomic E-state index is 14.4. The lowest BCUT2D eigenvalue weighted by Crippen LogP contribution is -2.48. The minimum atomic E-state index is -0.966. The molecule has 2 atom stereocenters. The third kappa shape index (κ3) is 6.02. The van der Waals surface area contributed by atoms with Gasteiger partial charge in [-0.3, -0.25) is 4.90 Å². The summed E-state index contributed by atoms with van der Waals surface area (Å²) < 4.78 is 33.5. The second-order valence-corrected chi connectivity index (χ2v) is 11.0. The lowest BCUT2D eigenvalue weighted by atomic mass is 10.1. The van der Waals surface area contributed by atoms with Gasteiger partial charge in [0.05, 0.1) is 54.0 Å². The molecule has 0 saturated carbocycles. The van der Waals surface area contributed by atoms with E-state index in [-0.39, 0.29) is 29.9 Å². The number of nitriles is 1. The van der Waals surface area contributed by atoms with Gasteiger partial charge in [-0.1, -0.05) is 6.07 Å². The molecule has 0 spiro atoms. The number of pyridine rings is 1. The first-order valence-corrected chi connectivity index (χ1v) is 14.5. The fourth-order valence-electron chi connectivity index (χ4n) is 5.63. The number of imidazole rings is 1. The molecule has 1 N–H and O–H groups in total. The first kappa shape index (κ1) is 29.3. The predicted octanol–water partition coefficient (Wildman–Crippen LogP) is 4.40. The van der Waals surface area contributed by atoms with Crippen LogP contribution in [0, 0.1) is 17.1 Å². The maximum Gasteiger partial charge on any atom is 0.335 e. The zero-order valence-corrected chi connectivity index (χ0v) is 24.6. The van der Waals surface area contributed by atoms with E-state index in [2.05, 4.69) is 26.3 Å². The highest BCUT2D eigenvalue weighted by Crippen LogP contribution is 2.31. The lowest BCUT2D eigenvalue weighted by Gasteiger charge is -2.38. The van der Waals surface area contributed by atoms with Crippen molar-refractivity contribution >= 4 is 22.8 Å². The van der Waals surface area contributed by atoms with Gasteiger partial charge in [-0.05, 0) is 43.7 Å². The topological polar surface area (TPSA) is 126 Å². The highest BCUT2D eigenvalue weighted by atomic mass is 19.1. The highest BCUT2D eigenvalue weighted by molar-refractivity contribution is 5.92. The van der Waals surface area contributed by atoms with Crippen molar-refractivity contribution in [2.24, 2.45) is 0 Å². The van der Waals surface area contributed by atoms with Crippen LogP contribution in [0.1, 0.15) is 46.7 Å². The molecule has 0 radical (unpaired) electrons. The number of carbonyl (C=O) groups is 1. The molecule has 2 aliphatic rings. The van der Waals surface area contributed by atoms with Crippen molar-refractivity contribution in [3.8, 4) is 17.7 Å². The number of methoxy groups -OCH3 is 1. The molecule has 228 valence electrons. The quantitative estimate of drug-likeness (QED) is 0.280. The van der Waals surface area contributed by atoms with E-state index in [0.29, 0.717) is 42.6 Å². The number of rotatable bonds is 10. The van der Waals surface area contributed by atoms with Crippen LogP contribution in [-0.2, 0) is 17.9 Å². The molecule has 2 aromatic heterocycles. The Morgan fingerprint density at radius 1 is 1.16 bits per heavy atom. The second-order valence-electron chi connectivity index (χ2n) is 11.0. The normalized spacial score (nSPS) is 17.6. The van der Waals surface area contributed by atoms with E-state index < -0.39 is 11.8 Å². The van der Waals surface area contributed by atoms with E-state index in [0.717, 1.165) is 43.0 Å². The minimum Gasteiger partial charge on any atom is -0.496 e. The third-order valence-electron chi connectivity index (χ3n) is 8.32. The first-order chi connectivity index (χ1) is 21.3. The molecule has 0 bridgehead atoms. The summed E-state index contributed by atoms with van der Waals surface area (Å²) in [4.78, 5) is 25.8. The summed E-state index contributed by atoms with van der Waals surface area (Å²) in [6, 6.07) is 14.8. The first-order valence-electron chi connectivity index (χ1n) is 14.5. The SMILES string of the molecule is COc1cc(OCc2ccc(C#N)cc2F)nc(N2CCN(C(C)c3nc4ccc(C(=O)O)cc4n3C[C@@H]3CCO3)CC2)c1. The fraction of sp³-hybridized carbons (Fsp3) is 0.375. The number of ether oxygens (including phenoxy) is 3. The van der Waals surface area contributed by atoms with Gasteiger partial charge in [0.15, 0.2) is 0 Å². The summed E-state index contributed by atoms with van der Waals surface area (Å²) in [5, 5.41) is 18.5. The Kier molecular flexibility index (Phi) is 8.32. The van der Waals surface area contributed by atoms with E-state index in [1.165, 1.54) is 12.1 Å². The van der Waals surface area contributed by atoms with Gasteiger partial charge in [0.1, 0.15) is 29.8 Å². The number of aromatic carboxylic acids is 1. The van der Waals surface area contributed by atoms with Crippen LogP contribution in [0.5, 0.6) is 11.6 Å². The standard InChI is InChI=1S/C32H33FN6O5/c1-20(31-35-27-6-5-22(32(40)41)14-28(27)39(31)18-24-7-12-43-24)37-8-10-38(11-9-37)29-15-25(42-2)16-30(36-29)44-19-23-4-3-21(17-34)13-26(23)33/h3-6,13-16,20,24H,7-12,18-19H2,1-2H3,(H,40,41)/t20?,24-/m0/s1. The summed E-state index contributed by atoms with van der Waals surface area (Å²) >= 11 is 0. The summed E-state index contributed by atoms with van der Waals surface area (Å²) in [5.74, 6) is 0.999. The number of hydrogen-bond donors (Lipinski definition) is 1. The Labute approximate surface area is 254 Å². The van der Waals surface area contributed by atoms with E-state index in [1.807, 2.05) is 12.1 Å². The van der Waals surface area contributed by atoms with E-state index in [9.17, 15) is 14.3 Å². The van der Waals surface area contributed by atoms with Crippen molar-refractivity contribution < 1.29 is 28.5 Å². The molecule has 2 aliphatic heterocycles. The van der Waals surface area contributed by atoms with Crippen LogP contribution in [-0.4, -0.2) is 76.5 Å². The van der Waals surface area contributed by atoms with E-state index >= 15 is 0 Å². The zero-order valence-electron chi connectivity index (χ0n) is 24.6. The number of aromatic nitrogens is 3. The van der Waals surface area contributed by atoms with Crippen molar-refractivity contribution in [3.63, 3.8) is 0 Å². The van der Waals surface area contributed by atoms with Crippen LogP contribution < -0.4 is 14.4 Å². The third-order valence-corrected chi connectivity index (χ3v) is 8.32. The molecule has 2 saturated heterocycles. The summed E-state index contributed by atoms with van der Waals surface area (Å²) in [7, 11) is 1.57. The van der Waals surface area contributed by atoms with Crippen molar-refractivity contribution in [1.82, 2.24) is 19.4 Å². The number of piperazine rings is 1. The monoisotopic (exact) mass is 600 g/mol. The number of carboxylic acid groups (broad SMARTS) is 1. The van der Waals surface area contributed by atoms with Gasteiger partial charge >= 0.3 is 5.97 Å². The summed E-state index contributed by atoms with van der Waals surface area (Å²) in [5.41, 5.74) is 2.38. The van der Waals surface area contributed by atoms with Crippen LogP contribution in [0.25, 0.3) is 11.0 Å². The average Bonchev–Trinajstić information content (AvgIpc) is 3.39. The van der Waals surface area contributed by atoms with Gasteiger partial charge in [0, 0.05) is 50.5 Å². The van der Waals surface area contributed by atoms with Crippen LogP contribution in [0.2, 0.25) is 0 Å². The van der Waals surface area contributed by atoms with E-state index in [1.54, 1.807) is 37.4 Å². The average molecular weight is 601 g/mol. The molecular weight excluding hydrogens is 567 g/mol. The van der Waals surface area contributed by atoms with Crippen LogP contribution in [0.4, 0.5) is 10.2 Å². The molecule has 1 unspecified atom stereocenters. The predicted molar refractivity (Wildman–Crippen MR) is 159 cm³/mol. The smallest absolute Gasteiger partial charge is 0.335 e. The molecule has 4 aromatic rings. The molecule has 6 rings (SSSR count). The van der Waals surface area contributed by atoms with Crippen molar-refractivity contribution in [3.05, 3.63) is 76.9 Å². The molecule has 4 heterocycles. The van der Waals surface area contributed by atoms with Crippen LogP contribution in [0.3, 0.4) is 0 Å². The van der Waals surface area contributed by atoms with E-state index in [4.69, 9.17) is 24.5 Å². The van der Waals surface area contributed by atoms with Gasteiger partial charge in [-0.2, -0.15) is 10.2 Å². The number of anilines is 1. The number of benzene rings is 2. The minimum absolute atomic E-state index is 0.0163. The molecule has 2 fully saturated rings. The summed E-state index contributed by atoms with van der Waals surface area (Å²) in [6.07, 6.45) is 1.06. The number of halogens is 1.